The summed E-state index contributed by atoms with van der Waals surface area (Å²) in [6.45, 7) is 0.0163. The Hall–Kier alpha value is -2.22. The molecule has 0 spiro atoms. The first-order chi connectivity index (χ1) is 10.7. The van der Waals surface area contributed by atoms with E-state index in [2.05, 4.69) is 0 Å². The van der Waals surface area contributed by atoms with Crippen LogP contribution in [0.2, 0.25) is 0 Å². The number of carboxylic acid groups (broad SMARTS) is 1. The fourth-order valence-electron chi connectivity index (χ4n) is 2.77. The third-order valence-corrected chi connectivity index (χ3v) is 5.14. The van der Waals surface area contributed by atoms with Crippen LogP contribution in [-0.2, 0) is 24.2 Å². The summed E-state index contributed by atoms with van der Waals surface area (Å²) in [4.78, 5) is 36.1. The number of carbonyl (C=O) groups excluding carboxylic acids is 2. The summed E-state index contributed by atoms with van der Waals surface area (Å²) in [6.07, 6.45) is 0.913. The van der Waals surface area contributed by atoms with E-state index < -0.39 is 38.8 Å². The van der Waals surface area contributed by atoms with Gasteiger partial charge in [0.1, 0.15) is 0 Å². The zero-order valence-electron chi connectivity index (χ0n) is 12.5. The Kier molecular flexibility index (Phi) is 4.84. The molecule has 1 saturated heterocycles. The van der Waals surface area contributed by atoms with E-state index in [9.17, 15) is 22.8 Å². The monoisotopic (exact) mass is 339 g/mol. The number of carboxylic acids is 1. The first-order valence-corrected chi connectivity index (χ1v) is 8.99. The lowest BCUT2D eigenvalue weighted by molar-refractivity contribution is -0.141. The number of nitrogens with zero attached hydrogens (tertiary/aromatic N) is 1. The van der Waals surface area contributed by atoms with Gasteiger partial charge in [0, 0.05) is 19.2 Å². The van der Waals surface area contributed by atoms with E-state index in [1.807, 2.05) is 0 Å². The maximum atomic E-state index is 12.2. The Morgan fingerprint density at radius 1 is 1.22 bits per heavy atom. The number of amides is 1. The van der Waals surface area contributed by atoms with Crippen molar-refractivity contribution in [2.45, 2.75) is 24.1 Å². The first-order valence-electron chi connectivity index (χ1n) is 7.04. The minimum atomic E-state index is -3.78. The molecule has 0 bridgehead atoms. The van der Waals surface area contributed by atoms with Crippen molar-refractivity contribution in [3.05, 3.63) is 35.9 Å². The molecule has 0 unspecified atom stereocenters. The molecule has 23 heavy (non-hydrogen) atoms. The topological polar surface area (TPSA) is 109 Å². The summed E-state index contributed by atoms with van der Waals surface area (Å²) in [5.74, 6) is -2.85. The number of benzene rings is 1. The highest BCUT2D eigenvalue weighted by Crippen LogP contribution is 2.35. The van der Waals surface area contributed by atoms with Gasteiger partial charge in [-0.1, -0.05) is 30.3 Å². The standard InChI is InChI=1S/C15H17NO6S/c1-23(21,22)14-12(10-6-3-2-4-7-10)16(15(20)13(14)19)9-5-8-11(17)18/h2-4,6-7,12,14H,5,8-9H2,1H3,(H,17,18)/t12-,14-/m1/s1. The number of sulfone groups is 1. The van der Waals surface area contributed by atoms with Gasteiger partial charge in [-0.05, 0) is 12.0 Å². The van der Waals surface area contributed by atoms with Crippen LogP contribution < -0.4 is 0 Å². The van der Waals surface area contributed by atoms with Crippen LogP contribution in [0, 0.1) is 0 Å². The normalized spacial score (nSPS) is 21.7. The van der Waals surface area contributed by atoms with Gasteiger partial charge in [-0.25, -0.2) is 8.42 Å². The largest absolute Gasteiger partial charge is 0.481 e. The molecule has 1 aromatic rings. The highest BCUT2D eigenvalue weighted by molar-refractivity contribution is 7.92. The molecule has 2 rings (SSSR count). The molecule has 8 heteroatoms. The SMILES string of the molecule is CS(=O)(=O)[C@H]1C(=O)C(=O)N(CCCC(=O)O)[C@@H]1c1ccccc1. The summed E-state index contributed by atoms with van der Waals surface area (Å²) < 4.78 is 24.0. The second kappa shape index (κ2) is 6.49. The number of rotatable bonds is 6. The van der Waals surface area contributed by atoms with Crippen LogP contribution in [-0.4, -0.2) is 54.1 Å². The molecule has 1 fully saturated rings. The number of hydrogen-bond acceptors (Lipinski definition) is 5. The highest BCUT2D eigenvalue weighted by atomic mass is 32.2. The van der Waals surface area contributed by atoms with Crippen LogP contribution in [0.15, 0.2) is 30.3 Å². The highest BCUT2D eigenvalue weighted by Gasteiger charge is 2.52. The molecular weight excluding hydrogens is 322 g/mol. The van der Waals surface area contributed by atoms with Crippen molar-refractivity contribution in [2.24, 2.45) is 0 Å². The van der Waals surface area contributed by atoms with Gasteiger partial charge in [-0.2, -0.15) is 0 Å². The molecule has 1 heterocycles. The fourth-order valence-corrected chi connectivity index (χ4v) is 4.03. The van der Waals surface area contributed by atoms with E-state index in [0.29, 0.717) is 5.56 Å². The maximum absolute atomic E-state index is 12.2. The van der Waals surface area contributed by atoms with Crippen LogP contribution in [0.3, 0.4) is 0 Å². The Labute approximate surface area is 133 Å². The summed E-state index contributed by atoms with van der Waals surface area (Å²) >= 11 is 0. The van der Waals surface area contributed by atoms with E-state index in [0.717, 1.165) is 6.26 Å². The fraction of sp³-hybridized carbons (Fsp3) is 0.400. The molecule has 1 aliphatic heterocycles. The van der Waals surface area contributed by atoms with E-state index in [1.165, 1.54) is 4.90 Å². The van der Waals surface area contributed by atoms with Gasteiger partial charge in [0.15, 0.2) is 15.1 Å². The predicted octanol–water partition coefficient (Wildman–Crippen LogP) is 0.417. The number of aliphatic carboxylic acids is 1. The van der Waals surface area contributed by atoms with Gasteiger partial charge in [-0.3, -0.25) is 14.4 Å². The summed E-state index contributed by atoms with van der Waals surface area (Å²) in [5.41, 5.74) is 0.539. The predicted molar refractivity (Wildman–Crippen MR) is 81.4 cm³/mol. The van der Waals surface area contributed by atoms with Crippen LogP contribution in [0.4, 0.5) is 0 Å². The minimum absolute atomic E-state index is 0.0163. The number of ketones is 1. The second-order valence-corrected chi connectivity index (χ2v) is 7.63. The summed E-state index contributed by atoms with van der Waals surface area (Å²) in [7, 11) is -3.78. The average molecular weight is 339 g/mol. The Morgan fingerprint density at radius 3 is 2.35 bits per heavy atom. The molecule has 1 N–H and O–H groups in total. The Balaban J connectivity index is 2.40. The van der Waals surface area contributed by atoms with Gasteiger partial charge < -0.3 is 10.0 Å². The lowest BCUT2D eigenvalue weighted by Gasteiger charge is -2.26. The Bertz CT molecular complexity index is 728. The summed E-state index contributed by atoms with van der Waals surface area (Å²) in [5, 5.41) is 7.25. The van der Waals surface area contributed by atoms with Gasteiger partial charge in [-0.15, -0.1) is 0 Å². The molecule has 1 aromatic carbocycles. The van der Waals surface area contributed by atoms with Crippen LogP contribution in [0.25, 0.3) is 0 Å². The molecule has 1 amide bonds. The molecule has 0 radical (unpaired) electrons. The number of carbonyl (C=O) groups is 3. The molecule has 124 valence electrons. The van der Waals surface area contributed by atoms with Crippen molar-refractivity contribution in [3.63, 3.8) is 0 Å². The zero-order chi connectivity index (χ0) is 17.2. The lowest BCUT2D eigenvalue weighted by Crippen LogP contribution is -2.33. The Morgan fingerprint density at radius 2 is 1.83 bits per heavy atom. The number of hydrogen-bond donors (Lipinski definition) is 1. The van der Waals surface area contributed by atoms with Crippen LogP contribution in [0.5, 0.6) is 0 Å². The van der Waals surface area contributed by atoms with Crippen LogP contribution in [0.1, 0.15) is 24.4 Å². The molecule has 0 saturated carbocycles. The minimum Gasteiger partial charge on any atom is -0.481 e. The van der Waals surface area contributed by atoms with Gasteiger partial charge >= 0.3 is 5.97 Å². The summed E-state index contributed by atoms with van der Waals surface area (Å²) in [6, 6.07) is 7.51. The quantitative estimate of drug-likeness (QED) is 0.752. The second-order valence-electron chi connectivity index (χ2n) is 5.47. The third kappa shape index (κ3) is 3.58. The van der Waals surface area contributed by atoms with Crippen molar-refractivity contribution in [1.29, 1.82) is 0 Å². The van der Waals surface area contributed by atoms with Gasteiger partial charge in [0.2, 0.25) is 5.78 Å². The van der Waals surface area contributed by atoms with E-state index in [4.69, 9.17) is 5.11 Å². The molecule has 1 aliphatic rings. The van der Waals surface area contributed by atoms with Crippen molar-refractivity contribution < 1.29 is 27.9 Å². The van der Waals surface area contributed by atoms with Crippen molar-refractivity contribution >= 4 is 27.5 Å². The van der Waals surface area contributed by atoms with E-state index >= 15 is 0 Å². The molecule has 2 atom stereocenters. The van der Waals surface area contributed by atoms with Crippen molar-refractivity contribution in [1.82, 2.24) is 4.90 Å². The van der Waals surface area contributed by atoms with Crippen LogP contribution >= 0.6 is 0 Å². The van der Waals surface area contributed by atoms with E-state index in [1.54, 1.807) is 30.3 Å². The number of likely N-dealkylation sites (tertiary alicyclic amines) is 1. The van der Waals surface area contributed by atoms with Gasteiger partial charge in [0.25, 0.3) is 5.91 Å². The molecule has 7 nitrogen and oxygen atoms in total. The zero-order valence-corrected chi connectivity index (χ0v) is 13.3. The van der Waals surface area contributed by atoms with Crippen molar-refractivity contribution in [2.75, 3.05) is 12.8 Å². The first kappa shape index (κ1) is 17.1. The lowest BCUT2D eigenvalue weighted by atomic mass is 10.0. The number of Topliss-reactive ketones (excluding diaryl/α,β-unsaturated/α-hetero) is 1. The van der Waals surface area contributed by atoms with Crippen molar-refractivity contribution in [3.8, 4) is 0 Å². The average Bonchev–Trinajstić information content (AvgIpc) is 2.72. The maximum Gasteiger partial charge on any atom is 0.303 e. The van der Waals surface area contributed by atoms with E-state index in [-0.39, 0.29) is 19.4 Å². The molecule has 0 aromatic heterocycles. The third-order valence-electron chi connectivity index (χ3n) is 3.74. The van der Waals surface area contributed by atoms with Gasteiger partial charge in [0.05, 0.1) is 6.04 Å². The molecular formula is C15H17NO6S. The smallest absolute Gasteiger partial charge is 0.303 e. The molecule has 0 aliphatic carbocycles.